The van der Waals surface area contributed by atoms with E-state index < -0.39 is 6.04 Å². The Labute approximate surface area is 165 Å². The Kier molecular flexibility index (Phi) is 6.90. The van der Waals surface area contributed by atoms with E-state index in [1.807, 2.05) is 32.9 Å². The van der Waals surface area contributed by atoms with Crippen LogP contribution in [0.15, 0.2) is 23.4 Å². The van der Waals surface area contributed by atoms with Crippen molar-refractivity contribution in [3.8, 4) is 17.2 Å². The van der Waals surface area contributed by atoms with Crippen molar-refractivity contribution in [2.24, 2.45) is 0 Å². The number of hydrogen-bond acceptors (Lipinski definition) is 5. The Morgan fingerprint density at radius 3 is 2.11 bits per heavy atom. The number of carbonyl (C=O) groups is 1. The fraction of sp³-hybridized carbons (Fsp3) is 0.474. The zero-order valence-electron chi connectivity index (χ0n) is 16.6. The number of thiocarbonyl (C=S) groups is 1. The van der Waals surface area contributed by atoms with Crippen molar-refractivity contribution in [3.05, 3.63) is 29.0 Å². The quantitative estimate of drug-likeness (QED) is 0.689. The number of benzene rings is 1. The summed E-state index contributed by atoms with van der Waals surface area (Å²) in [4.78, 5) is 14.9. The topological polar surface area (TPSA) is 72.1 Å². The summed E-state index contributed by atoms with van der Waals surface area (Å²) in [5.74, 6) is 1.49. The molecule has 0 radical (unpaired) electrons. The lowest BCUT2D eigenvalue weighted by Crippen LogP contribution is -2.47. The lowest BCUT2D eigenvalue weighted by Gasteiger charge is -2.33. The number of nitrogens with zero attached hydrogens (tertiary/aromatic N) is 1. The second kappa shape index (κ2) is 8.94. The van der Waals surface area contributed by atoms with Crippen LogP contribution in [0.1, 0.15) is 32.4 Å². The van der Waals surface area contributed by atoms with Gasteiger partial charge in [-0.2, -0.15) is 0 Å². The second-order valence-electron chi connectivity index (χ2n) is 6.01. The van der Waals surface area contributed by atoms with E-state index in [0.29, 0.717) is 41.0 Å². The van der Waals surface area contributed by atoms with E-state index >= 15 is 0 Å². The Morgan fingerprint density at radius 2 is 1.67 bits per heavy atom. The molecule has 0 unspecified atom stereocenters. The molecule has 2 N–H and O–H groups in total. The monoisotopic (exact) mass is 393 g/mol. The number of ether oxygens (including phenoxy) is 3. The molecule has 0 saturated heterocycles. The molecule has 148 valence electrons. The van der Waals surface area contributed by atoms with Gasteiger partial charge in [-0.3, -0.25) is 4.79 Å². The van der Waals surface area contributed by atoms with Crippen LogP contribution in [-0.2, 0) is 4.79 Å². The molecule has 0 aliphatic carbocycles. The van der Waals surface area contributed by atoms with Crippen LogP contribution >= 0.6 is 12.2 Å². The van der Waals surface area contributed by atoms with Crippen molar-refractivity contribution in [1.82, 2.24) is 15.5 Å². The molecule has 0 bridgehead atoms. The summed E-state index contributed by atoms with van der Waals surface area (Å²) in [7, 11) is 4.67. The van der Waals surface area contributed by atoms with E-state index in [0.717, 1.165) is 11.3 Å². The molecular formula is C19H27N3O4S. The Bertz CT molecular complexity index is 734. The molecule has 7 nitrogen and oxygen atoms in total. The van der Waals surface area contributed by atoms with Gasteiger partial charge in [-0.1, -0.05) is 0 Å². The van der Waals surface area contributed by atoms with Crippen molar-refractivity contribution in [1.29, 1.82) is 0 Å². The maximum absolute atomic E-state index is 13.2. The van der Waals surface area contributed by atoms with Crippen LogP contribution < -0.4 is 24.8 Å². The normalized spacial score (nSPS) is 16.4. The van der Waals surface area contributed by atoms with Gasteiger partial charge in [-0.15, -0.1) is 0 Å². The minimum Gasteiger partial charge on any atom is -0.493 e. The number of methoxy groups -OCH3 is 3. The van der Waals surface area contributed by atoms with E-state index in [4.69, 9.17) is 26.4 Å². The molecule has 0 saturated carbocycles. The highest BCUT2D eigenvalue weighted by Gasteiger charge is 2.33. The molecule has 0 fully saturated rings. The van der Waals surface area contributed by atoms with Crippen molar-refractivity contribution in [2.75, 3.05) is 34.4 Å². The standard InChI is InChI=1S/C19H27N3O4S/c1-7-22(8-2)18(23)15-11(3)20-19(27)21-16(15)12-9-13(24-4)17(26-6)14(10-12)25-5/h9-10,16H,7-8H2,1-6H3,(H2,20,21,27)/t16-/m0/s1. The molecule has 8 heteroatoms. The van der Waals surface area contributed by atoms with Crippen molar-refractivity contribution in [2.45, 2.75) is 26.8 Å². The smallest absolute Gasteiger partial charge is 0.253 e. The van der Waals surface area contributed by atoms with Gasteiger partial charge in [-0.05, 0) is 50.7 Å². The summed E-state index contributed by atoms with van der Waals surface area (Å²) in [5.41, 5.74) is 2.14. The second-order valence-corrected chi connectivity index (χ2v) is 6.41. The van der Waals surface area contributed by atoms with Crippen LogP contribution in [0, 0.1) is 0 Å². The minimum absolute atomic E-state index is 0.0428. The van der Waals surface area contributed by atoms with Gasteiger partial charge in [0.05, 0.1) is 32.9 Å². The molecule has 1 atom stereocenters. The number of amides is 1. The molecule has 1 heterocycles. The van der Waals surface area contributed by atoms with Gasteiger partial charge in [0, 0.05) is 18.8 Å². The molecule has 2 rings (SSSR count). The first-order valence-electron chi connectivity index (χ1n) is 8.79. The van der Waals surface area contributed by atoms with Gasteiger partial charge in [0.2, 0.25) is 5.75 Å². The number of carbonyl (C=O) groups excluding carboxylic acids is 1. The molecule has 1 amide bonds. The van der Waals surface area contributed by atoms with E-state index in [9.17, 15) is 4.79 Å². The lowest BCUT2D eigenvalue weighted by molar-refractivity contribution is -0.127. The number of nitrogens with one attached hydrogen (secondary N) is 2. The Hall–Kier alpha value is -2.48. The predicted molar refractivity (Wildman–Crippen MR) is 108 cm³/mol. The summed E-state index contributed by atoms with van der Waals surface area (Å²) < 4.78 is 16.3. The van der Waals surface area contributed by atoms with Crippen LogP contribution in [0.3, 0.4) is 0 Å². The molecule has 1 aromatic carbocycles. The number of rotatable bonds is 7. The summed E-state index contributed by atoms with van der Waals surface area (Å²) in [6, 6.07) is 3.23. The van der Waals surface area contributed by atoms with E-state index in [1.165, 1.54) is 0 Å². The van der Waals surface area contributed by atoms with Crippen molar-refractivity contribution >= 4 is 23.2 Å². The average molecular weight is 394 g/mol. The van der Waals surface area contributed by atoms with Gasteiger partial charge in [-0.25, -0.2) is 0 Å². The summed E-state index contributed by atoms with van der Waals surface area (Å²) in [6.07, 6.45) is 0. The number of allylic oxidation sites excluding steroid dienone is 1. The maximum atomic E-state index is 13.2. The molecule has 0 spiro atoms. The molecule has 0 aromatic heterocycles. The van der Waals surface area contributed by atoms with Gasteiger partial charge in [0.25, 0.3) is 5.91 Å². The molecule has 1 aliphatic heterocycles. The van der Waals surface area contributed by atoms with E-state index in [1.54, 1.807) is 26.2 Å². The minimum atomic E-state index is -0.430. The first kappa shape index (κ1) is 20.8. The molecule has 1 aliphatic rings. The SMILES string of the molecule is CCN(CC)C(=O)C1=C(C)NC(=S)N[C@H]1c1cc(OC)c(OC)c(OC)c1. The van der Waals surface area contributed by atoms with Crippen LogP contribution in [0.2, 0.25) is 0 Å². The van der Waals surface area contributed by atoms with Gasteiger partial charge >= 0.3 is 0 Å². The highest BCUT2D eigenvalue weighted by atomic mass is 32.1. The van der Waals surface area contributed by atoms with Crippen LogP contribution in [0.5, 0.6) is 17.2 Å². The zero-order valence-corrected chi connectivity index (χ0v) is 17.5. The molecule has 27 heavy (non-hydrogen) atoms. The summed E-state index contributed by atoms with van der Waals surface area (Å²) >= 11 is 5.32. The Morgan fingerprint density at radius 1 is 1.11 bits per heavy atom. The highest BCUT2D eigenvalue weighted by molar-refractivity contribution is 7.80. The Balaban J connectivity index is 2.61. The maximum Gasteiger partial charge on any atom is 0.253 e. The third kappa shape index (κ3) is 4.10. The summed E-state index contributed by atoms with van der Waals surface area (Å²) in [6.45, 7) is 7.02. The van der Waals surface area contributed by atoms with Gasteiger partial charge in [0.1, 0.15) is 0 Å². The molecule has 1 aromatic rings. The van der Waals surface area contributed by atoms with Crippen LogP contribution in [0.4, 0.5) is 0 Å². The number of likely N-dealkylation sites (N-methyl/N-ethyl adjacent to an activating group) is 1. The van der Waals surface area contributed by atoms with Crippen molar-refractivity contribution < 1.29 is 19.0 Å². The van der Waals surface area contributed by atoms with E-state index in [2.05, 4.69) is 10.6 Å². The fourth-order valence-corrected chi connectivity index (χ4v) is 3.45. The third-order valence-corrected chi connectivity index (χ3v) is 4.79. The highest BCUT2D eigenvalue weighted by Crippen LogP contribution is 2.41. The van der Waals surface area contributed by atoms with Crippen molar-refractivity contribution in [3.63, 3.8) is 0 Å². The first-order valence-corrected chi connectivity index (χ1v) is 9.19. The largest absolute Gasteiger partial charge is 0.493 e. The third-order valence-electron chi connectivity index (χ3n) is 4.57. The fourth-order valence-electron chi connectivity index (χ4n) is 3.18. The predicted octanol–water partition coefficient (Wildman–Crippen LogP) is 2.37. The van der Waals surface area contributed by atoms with Crippen LogP contribution in [0.25, 0.3) is 0 Å². The number of hydrogen-bond donors (Lipinski definition) is 2. The van der Waals surface area contributed by atoms with Gasteiger partial charge < -0.3 is 29.7 Å². The summed E-state index contributed by atoms with van der Waals surface area (Å²) in [5, 5.41) is 6.72. The zero-order chi connectivity index (χ0) is 20.1. The average Bonchev–Trinajstić information content (AvgIpc) is 2.66. The van der Waals surface area contributed by atoms with Crippen LogP contribution in [-0.4, -0.2) is 50.3 Å². The van der Waals surface area contributed by atoms with Gasteiger partial charge in [0.15, 0.2) is 16.6 Å². The first-order chi connectivity index (χ1) is 12.9. The van der Waals surface area contributed by atoms with E-state index in [-0.39, 0.29) is 5.91 Å². The molecular weight excluding hydrogens is 366 g/mol. The lowest BCUT2D eigenvalue weighted by atomic mass is 9.94.